The van der Waals surface area contributed by atoms with Gasteiger partial charge in [-0.05, 0) is 18.2 Å². The standard InChI is InChI=1S/C9H9ClOS/c1-2-8(11)6-3-4-7(10)9(12)5-6/h3-5,12H,2H2,1H3. The minimum atomic E-state index is 0.113. The lowest BCUT2D eigenvalue weighted by Crippen LogP contribution is -1.95. The minimum absolute atomic E-state index is 0.113. The summed E-state index contributed by atoms with van der Waals surface area (Å²) >= 11 is 9.86. The number of benzene rings is 1. The van der Waals surface area contributed by atoms with Gasteiger partial charge in [0.1, 0.15) is 0 Å². The maximum atomic E-state index is 11.2. The van der Waals surface area contributed by atoms with Crippen molar-refractivity contribution in [2.24, 2.45) is 0 Å². The number of hydrogen-bond acceptors (Lipinski definition) is 2. The zero-order chi connectivity index (χ0) is 9.14. The Morgan fingerprint density at radius 2 is 2.25 bits per heavy atom. The average molecular weight is 201 g/mol. The fourth-order valence-corrected chi connectivity index (χ4v) is 1.22. The third-order valence-corrected chi connectivity index (χ3v) is 2.42. The van der Waals surface area contributed by atoms with Gasteiger partial charge in [0.15, 0.2) is 5.78 Å². The van der Waals surface area contributed by atoms with Crippen molar-refractivity contribution in [2.45, 2.75) is 18.2 Å². The summed E-state index contributed by atoms with van der Waals surface area (Å²) in [5, 5.41) is 0.575. The highest BCUT2D eigenvalue weighted by Crippen LogP contribution is 2.21. The molecule has 0 atom stereocenters. The van der Waals surface area contributed by atoms with Gasteiger partial charge in [-0.3, -0.25) is 4.79 Å². The van der Waals surface area contributed by atoms with Crippen LogP contribution in [0.5, 0.6) is 0 Å². The lowest BCUT2D eigenvalue weighted by Gasteiger charge is -2.00. The number of hydrogen-bond donors (Lipinski definition) is 1. The summed E-state index contributed by atoms with van der Waals surface area (Å²) in [5.74, 6) is 0.113. The van der Waals surface area contributed by atoms with E-state index in [1.165, 1.54) is 0 Å². The van der Waals surface area contributed by atoms with Crippen molar-refractivity contribution in [3.63, 3.8) is 0 Å². The summed E-state index contributed by atoms with van der Waals surface area (Å²) in [7, 11) is 0. The van der Waals surface area contributed by atoms with Crippen LogP contribution in [0.2, 0.25) is 5.02 Å². The predicted octanol–water partition coefficient (Wildman–Crippen LogP) is 3.22. The highest BCUT2D eigenvalue weighted by molar-refractivity contribution is 7.80. The van der Waals surface area contributed by atoms with E-state index >= 15 is 0 Å². The normalized spacial score (nSPS) is 9.92. The number of ketones is 1. The molecule has 3 heteroatoms. The van der Waals surface area contributed by atoms with Crippen LogP contribution in [0.15, 0.2) is 23.1 Å². The zero-order valence-corrected chi connectivity index (χ0v) is 8.32. The second-order valence-electron chi connectivity index (χ2n) is 2.44. The first kappa shape index (κ1) is 9.62. The van der Waals surface area contributed by atoms with Crippen molar-refractivity contribution >= 4 is 30.0 Å². The summed E-state index contributed by atoms with van der Waals surface area (Å²) < 4.78 is 0. The van der Waals surface area contributed by atoms with E-state index in [0.717, 1.165) is 0 Å². The molecule has 0 aromatic heterocycles. The molecule has 1 nitrogen and oxygen atoms in total. The molecule has 0 N–H and O–H groups in total. The van der Waals surface area contributed by atoms with Gasteiger partial charge in [0.25, 0.3) is 0 Å². The molecule has 0 aliphatic heterocycles. The quantitative estimate of drug-likeness (QED) is 0.573. The summed E-state index contributed by atoms with van der Waals surface area (Å²) in [4.78, 5) is 11.8. The van der Waals surface area contributed by atoms with Crippen LogP contribution in [-0.4, -0.2) is 5.78 Å². The Bertz CT molecular complexity index is 309. The second kappa shape index (κ2) is 3.97. The maximum absolute atomic E-state index is 11.2. The number of Topliss-reactive ketones (excluding diaryl/α,β-unsaturated/α-hetero) is 1. The monoisotopic (exact) mass is 200 g/mol. The van der Waals surface area contributed by atoms with E-state index in [0.29, 0.717) is 21.9 Å². The number of halogens is 1. The molecule has 0 fully saturated rings. The molecule has 0 bridgehead atoms. The lowest BCUT2D eigenvalue weighted by atomic mass is 10.1. The van der Waals surface area contributed by atoms with Gasteiger partial charge in [0.2, 0.25) is 0 Å². The van der Waals surface area contributed by atoms with E-state index in [2.05, 4.69) is 12.6 Å². The summed E-state index contributed by atoms with van der Waals surface area (Å²) in [5.41, 5.74) is 0.673. The molecule has 1 rings (SSSR count). The zero-order valence-electron chi connectivity index (χ0n) is 6.67. The van der Waals surface area contributed by atoms with Crippen LogP contribution >= 0.6 is 24.2 Å². The predicted molar refractivity (Wildman–Crippen MR) is 53.3 cm³/mol. The van der Waals surface area contributed by atoms with Gasteiger partial charge in [-0.15, -0.1) is 12.6 Å². The molecule has 0 amide bonds. The Balaban J connectivity index is 3.05. The summed E-state index contributed by atoms with van der Waals surface area (Å²) in [6.45, 7) is 1.83. The van der Waals surface area contributed by atoms with Crippen LogP contribution in [0, 0.1) is 0 Å². The van der Waals surface area contributed by atoms with E-state index in [9.17, 15) is 4.79 Å². The first-order valence-corrected chi connectivity index (χ1v) is 4.49. The SMILES string of the molecule is CCC(=O)c1ccc(Cl)c(S)c1. The second-order valence-corrected chi connectivity index (χ2v) is 3.33. The Morgan fingerprint density at radius 1 is 1.58 bits per heavy atom. The Hall–Kier alpha value is -0.470. The van der Waals surface area contributed by atoms with Gasteiger partial charge in [0.05, 0.1) is 5.02 Å². The van der Waals surface area contributed by atoms with Crippen LogP contribution in [0.4, 0.5) is 0 Å². The van der Waals surface area contributed by atoms with Crippen molar-refractivity contribution in [3.8, 4) is 0 Å². The first-order valence-electron chi connectivity index (χ1n) is 3.67. The fraction of sp³-hybridized carbons (Fsp3) is 0.222. The van der Waals surface area contributed by atoms with Gasteiger partial charge in [-0.2, -0.15) is 0 Å². The fourth-order valence-electron chi connectivity index (χ4n) is 0.890. The maximum Gasteiger partial charge on any atom is 0.162 e. The summed E-state index contributed by atoms with van der Waals surface area (Å²) in [6.07, 6.45) is 0.509. The molecule has 0 aliphatic carbocycles. The van der Waals surface area contributed by atoms with Crippen molar-refractivity contribution in [2.75, 3.05) is 0 Å². The molecule has 12 heavy (non-hydrogen) atoms. The van der Waals surface area contributed by atoms with E-state index in [4.69, 9.17) is 11.6 Å². The summed E-state index contributed by atoms with van der Waals surface area (Å²) in [6, 6.07) is 5.10. The van der Waals surface area contributed by atoms with Crippen LogP contribution in [0.25, 0.3) is 0 Å². The van der Waals surface area contributed by atoms with Crippen molar-refractivity contribution in [1.82, 2.24) is 0 Å². The number of carbonyl (C=O) groups is 1. The Labute approximate surface area is 82.1 Å². The van der Waals surface area contributed by atoms with Gasteiger partial charge >= 0.3 is 0 Å². The molecule has 64 valence electrons. The molecule has 0 saturated carbocycles. The minimum Gasteiger partial charge on any atom is -0.294 e. The molecule has 1 aromatic rings. The number of rotatable bonds is 2. The van der Waals surface area contributed by atoms with Crippen molar-refractivity contribution in [3.05, 3.63) is 28.8 Å². The molecular weight excluding hydrogens is 192 g/mol. The topological polar surface area (TPSA) is 17.1 Å². The molecule has 0 unspecified atom stereocenters. The van der Waals surface area contributed by atoms with Crippen molar-refractivity contribution in [1.29, 1.82) is 0 Å². The molecule has 0 radical (unpaired) electrons. The molecule has 0 saturated heterocycles. The van der Waals surface area contributed by atoms with Crippen LogP contribution < -0.4 is 0 Å². The van der Waals surface area contributed by atoms with Crippen LogP contribution in [0.3, 0.4) is 0 Å². The lowest BCUT2D eigenvalue weighted by molar-refractivity contribution is 0.0988. The Morgan fingerprint density at radius 3 is 2.75 bits per heavy atom. The smallest absolute Gasteiger partial charge is 0.162 e. The molecular formula is C9H9ClOS. The first-order chi connectivity index (χ1) is 5.65. The van der Waals surface area contributed by atoms with Crippen LogP contribution in [-0.2, 0) is 0 Å². The van der Waals surface area contributed by atoms with Gasteiger partial charge in [-0.25, -0.2) is 0 Å². The van der Waals surface area contributed by atoms with Gasteiger partial charge in [-0.1, -0.05) is 18.5 Å². The van der Waals surface area contributed by atoms with Gasteiger partial charge < -0.3 is 0 Å². The van der Waals surface area contributed by atoms with E-state index in [-0.39, 0.29) is 5.78 Å². The highest BCUT2D eigenvalue weighted by atomic mass is 35.5. The average Bonchev–Trinajstić information content (AvgIpc) is 2.08. The van der Waals surface area contributed by atoms with Crippen molar-refractivity contribution < 1.29 is 4.79 Å². The van der Waals surface area contributed by atoms with Gasteiger partial charge in [0, 0.05) is 16.9 Å². The molecule has 0 aliphatic rings. The molecule has 0 spiro atoms. The Kier molecular flexibility index (Phi) is 3.18. The van der Waals surface area contributed by atoms with E-state index in [1.807, 2.05) is 6.92 Å². The van der Waals surface area contributed by atoms with Crippen LogP contribution in [0.1, 0.15) is 23.7 Å². The number of thiol groups is 1. The third kappa shape index (κ3) is 2.02. The largest absolute Gasteiger partial charge is 0.294 e. The molecule has 1 aromatic carbocycles. The van der Waals surface area contributed by atoms with E-state index < -0.39 is 0 Å². The molecule has 0 heterocycles. The van der Waals surface area contributed by atoms with E-state index in [1.54, 1.807) is 18.2 Å². The third-order valence-electron chi connectivity index (χ3n) is 1.59. The number of carbonyl (C=O) groups excluding carboxylic acids is 1. The highest BCUT2D eigenvalue weighted by Gasteiger charge is 2.04.